The number of nitrogens with zero attached hydrogens (tertiary/aromatic N) is 1. The number of hydrogen-bond donors (Lipinski definition) is 1. The van der Waals surface area contributed by atoms with Crippen molar-refractivity contribution in [2.45, 2.75) is 12.5 Å². The molecule has 0 saturated heterocycles. The highest BCUT2D eigenvalue weighted by Gasteiger charge is 2.14. The number of halogens is 1. The van der Waals surface area contributed by atoms with E-state index < -0.39 is 11.0 Å². The summed E-state index contributed by atoms with van der Waals surface area (Å²) in [5, 5.41) is 22.9. The number of rotatable bonds is 4. The molecule has 18 heavy (non-hydrogen) atoms. The Hall–Kier alpha value is -1.43. The van der Waals surface area contributed by atoms with Crippen LogP contribution in [-0.4, -0.2) is 10.0 Å². The number of aliphatic hydroxyl groups is 1. The highest BCUT2D eigenvalue weighted by atomic mass is 35.5. The van der Waals surface area contributed by atoms with Crippen LogP contribution in [0.25, 0.3) is 0 Å². The molecule has 0 radical (unpaired) electrons. The molecule has 0 saturated carbocycles. The predicted molar refractivity (Wildman–Crippen MR) is 71.1 cm³/mol. The van der Waals surface area contributed by atoms with Gasteiger partial charge in [-0.2, -0.15) is 0 Å². The largest absolute Gasteiger partial charge is 0.387 e. The van der Waals surface area contributed by atoms with E-state index in [0.29, 0.717) is 11.4 Å². The van der Waals surface area contributed by atoms with Crippen molar-refractivity contribution in [2.24, 2.45) is 0 Å². The van der Waals surface area contributed by atoms with Crippen molar-refractivity contribution in [3.05, 3.63) is 61.3 Å². The Labute approximate surface area is 113 Å². The first-order valence-corrected chi connectivity index (χ1v) is 6.48. The Morgan fingerprint density at radius 1 is 1.33 bits per heavy atom. The van der Waals surface area contributed by atoms with E-state index in [1.807, 2.05) is 5.38 Å². The second kappa shape index (κ2) is 5.48. The van der Waals surface area contributed by atoms with Gasteiger partial charge in [0.1, 0.15) is 0 Å². The minimum Gasteiger partial charge on any atom is -0.387 e. The van der Waals surface area contributed by atoms with Crippen molar-refractivity contribution in [3.63, 3.8) is 0 Å². The zero-order chi connectivity index (χ0) is 13.1. The van der Waals surface area contributed by atoms with Crippen molar-refractivity contribution < 1.29 is 10.0 Å². The number of nitro benzene ring substituents is 1. The van der Waals surface area contributed by atoms with Crippen LogP contribution in [-0.2, 0) is 6.42 Å². The third kappa shape index (κ3) is 2.87. The maximum Gasteiger partial charge on any atom is 0.269 e. The molecule has 1 aromatic carbocycles. The Morgan fingerprint density at radius 2 is 2.00 bits per heavy atom. The van der Waals surface area contributed by atoms with E-state index in [2.05, 4.69) is 0 Å². The summed E-state index contributed by atoms with van der Waals surface area (Å²) in [5.41, 5.74) is 0.875. The molecule has 4 nitrogen and oxygen atoms in total. The van der Waals surface area contributed by atoms with Gasteiger partial charge >= 0.3 is 0 Å². The molecule has 1 aromatic heterocycles. The van der Waals surface area contributed by atoms with E-state index in [1.54, 1.807) is 18.2 Å². The summed E-state index contributed by atoms with van der Waals surface area (Å²) in [5.74, 6) is 0. The first kappa shape index (κ1) is 13.0. The molecule has 0 aliphatic carbocycles. The summed E-state index contributed by atoms with van der Waals surface area (Å²) >= 11 is 7.32. The molecule has 2 aromatic rings. The van der Waals surface area contributed by atoms with Gasteiger partial charge in [0.25, 0.3) is 5.69 Å². The van der Waals surface area contributed by atoms with Crippen molar-refractivity contribution in [1.82, 2.24) is 0 Å². The molecule has 0 aliphatic rings. The molecule has 0 amide bonds. The van der Waals surface area contributed by atoms with E-state index in [1.165, 1.54) is 23.5 Å². The van der Waals surface area contributed by atoms with Crippen molar-refractivity contribution in [1.29, 1.82) is 0 Å². The summed E-state index contributed by atoms with van der Waals surface area (Å²) in [6.45, 7) is 0. The zero-order valence-corrected chi connectivity index (χ0v) is 10.8. The van der Waals surface area contributed by atoms with Crippen LogP contribution in [0.3, 0.4) is 0 Å². The van der Waals surface area contributed by atoms with Gasteiger partial charge < -0.3 is 5.11 Å². The second-order valence-electron chi connectivity index (χ2n) is 3.78. The lowest BCUT2D eigenvalue weighted by Gasteiger charge is -2.09. The fourth-order valence-corrected chi connectivity index (χ4v) is 2.78. The van der Waals surface area contributed by atoms with Gasteiger partial charge in [-0.15, -0.1) is 11.3 Å². The van der Waals surface area contributed by atoms with Gasteiger partial charge in [0, 0.05) is 18.6 Å². The molecule has 1 N–H and O–H groups in total. The van der Waals surface area contributed by atoms with Crippen molar-refractivity contribution in [2.75, 3.05) is 0 Å². The lowest BCUT2D eigenvalue weighted by molar-refractivity contribution is -0.384. The standard InChI is InChI=1S/C12H10ClNO3S/c13-10-5-6-18-12(10)11(15)7-8-1-3-9(4-2-8)14(16)17/h1-6,11,15H,7H2. The molecular weight excluding hydrogens is 274 g/mol. The molecule has 1 heterocycles. The Kier molecular flexibility index (Phi) is 3.96. The Balaban J connectivity index is 2.10. The van der Waals surface area contributed by atoms with Crippen LogP contribution < -0.4 is 0 Å². The molecule has 2 rings (SSSR count). The highest BCUT2D eigenvalue weighted by molar-refractivity contribution is 7.10. The zero-order valence-electron chi connectivity index (χ0n) is 9.25. The third-order valence-electron chi connectivity index (χ3n) is 2.52. The van der Waals surface area contributed by atoms with E-state index >= 15 is 0 Å². The molecule has 1 unspecified atom stereocenters. The van der Waals surface area contributed by atoms with Crippen LogP contribution in [0.5, 0.6) is 0 Å². The Morgan fingerprint density at radius 3 is 2.50 bits per heavy atom. The minimum atomic E-state index is -0.682. The van der Waals surface area contributed by atoms with Gasteiger partial charge in [-0.1, -0.05) is 23.7 Å². The molecule has 0 bridgehead atoms. The average Bonchev–Trinajstić information content (AvgIpc) is 2.76. The van der Waals surface area contributed by atoms with Gasteiger partial charge in [0.2, 0.25) is 0 Å². The highest BCUT2D eigenvalue weighted by Crippen LogP contribution is 2.30. The molecule has 0 spiro atoms. The van der Waals surface area contributed by atoms with Gasteiger partial charge in [-0.3, -0.25) is 10.1 Å². The van der Waals surface area contributed by atoms with Crippen LogP contribution in [0.1, 0.15) is 16.5 Å². The summed E-state index contributed by atoms with van der Waals surface area (Å²) in [7, 11) is 0. The minimum absolute atomic E-state index is 0.0439. The van der Waals surface area contributed by atoms with E-state index in [-0.39, 0.29) is 5.69 Å². The van der Waals surface area contributed by atoms with Gasteiger partial charge in [0.15, 0.2) is 0 Å². The van der Waals surface area contributed by atoms with Crippen LogP contribution in [0.15, 0.2) is 35.7 Å². The summed E-state index contributed by atoms with van der Waals surface area (Å²) in [4.78, 5) is 10.8. The average molecular weight is 284 g/mol. The van der Waals surface area contributed by atoms with Gasteiger partial charge in [0.05, 0.1) is 20.9 Å². The van der Waals surface area contributed by atoms with Crippen molar-refractivity contribution in [3.8, 4) is 0 Å². The van der Waals surface area contributed by atoms with Crippen molar-refractivity contribution >= 4 is 28.6 Å². The summed E-state index contributed by atoms with van der Waals surface area (Å²) in [6, 6.07) is 7.88. The van der Waals surface area contributed by atoms with Crippen LogP contribution in [0.4, 0.5) is 5.69 Å². The monoisotopic (exact) mass is 283 g/mol. The lowest BCUT2D eigenvalue weighted by Crippen LogP contribution is -2.00. The molecule has 94 valence electrons. The topological polar surface area (TPSA) is 63.4 Å². The number of nitro groups is 1. The number of non-ortho nitro benzene ring substituents is 1. The van der Waals surface area contributed by atoms with Crippen LogP contribution in [0, 0.1) is 10.1 Å². The quantitative estimate of drug-likeness (QED) is 0.689. The van der Waals surface area contributed by atoms with Crippen LogP contribution >= 0.6 is 22.9 Å². The first-order valence-electron chi connectivity index (χ1n) is 5.22. The van der Waals surface area contributed by atoms with E-state index in [9.17, 15) is 15.2 Å². The third-order valence-corrected chi connectivity index (χ3v) is 3.98. The summed E-state index contributed by atoms with van der Waals surface area (Å²) < 4.78 is 0. The normalized spacial score (nSPS) is 12.3. The fourth-order valence-electron chi connectivity index (χ4n) is 1.61. The number of thiophene rings is 1. The number of benzene rings is 1. The smallest absolute Gasteiger partial charge is 0.269 e. The second-order valence-corrected chi connectivity index (χ2v) is 5.13. The van der Waals surface area contributed by atoms with Gasteiger partial charge in [-0.25, -0.2) is 0 Å². The van der Waals surface area contributed by atoms with Crippen LogP contribution in [0.2, 0.25) is 5.02 Å². The SMILES string of the molecule is O=[N+]([O-])c1ccc(CC(O)c2sccc2Cl)cc1. The maximum absolute atomic E-state index is 10.5. The first-order chi connectivity index (χ1) is 8.58. The summed E-state index contributed by atoms with van der Waals surface area (Å²) in [6.07, 6.45) is -0.294. The maximum atomic E-state index is 10.5. The molecule has 0 fully saturated rings. The Bertz CT molecular complexity index is 553. The predicted octanol–water partition coefficient (Wildman–Crippen LogP) is 3.59. The van der Waals surface area contributed by atoms with E-state index in [4.69, 9.17) is 11.6 Å². The number of aliphatic hydroxyl groups excluding tert-OH is 1. The van der Waals surface area contributed by atoms with E-state index in [0.717, 1.165) is 10.4 Å². The lowest BCUT2D eigenvalue weighted by atomic mass is 10.1. The molecule has 0 aliphatic heterocycles. The molecular formula is C12H10ClNO3S. The number of hydrogen-bond acceptors (Lipinski definition) is 4. The molecule has 6 heteroatoms. The van der Waals surface area contributed by atoms with Gasteiger partial charge in [-0.05, 0) is 17.0 Å². The molecule has 1 atom stereocenters. The fraction of sp³-hybridized carbons (Fsp3) is 0.167.